The molecule has 208 valence electrons. The molecule has 0 heterocycles. The van der Waals surface area contributed by atoms with E-state index in [0.717, 1.165) is 42.4 Å². The highest BCUT2D eigenvalue weighted by atomic mass is 32.2. The van der Waals surface area contributed by atoms with Crippen LogP contribution >= 0.6 is 0 Å². The molecule has 1 atom stereocenters. The van der Waals surface area contributed by atoms with Crippen LogP contribution in [0, 0.1) is 13.8 Å². The number of hydrogen-bond acceptors (Lipinski definition) is 4. The highest BCUT2D eigenvalue weighted by Crippen LogP contribution is 2.22. The van der Waals surface area contributed by atoms with Gasteiger partial charge in [0.2, 0.25) is 21.8 Å². The Labute approximate surface area is 228 Å². The van der Waals surface area contributed by atoms with Gasteiger partial charge in [-0.05, 0) is 75.3 Å². The summed E-state index contributed by atoms with van der Waals surface area (Å²) in [5.41, 5.74) is 3.80. The highest BCUT2D eigenvalue weighted by Gasteiger charge is 2.28. The van der Waals surface area contributed by atoms with Crippen LogP contribution in [0.5, 0.6) is 0 Å². The van der Waals surface area contributed by atoms with E-state index in [9.17, 15) is 18.0 Å². The molecule has 1 saturated carbocycles. The third-order valence-electron chi connectivity index (χ3n) is 7.53. The minimum absolute atomic E-state index is 0.119. The van der Waals surface area contributed by atoms with Crippen molar-refractivity contribution in [3.63, 3.8) is 0 Å². The molecule has 7 nitrogen and oxygen atoms in total. The summed E-state index contributed by atoms with van der Waals surface area (Å²) in [6, 6.07) is 15.1. The number of nitrogens with one attached hydrogen (secondary N) is 1. The van der Waals surface area contributed by atoms with E-state index >= 15 is 0 Å². The molecule has 2 amide bonds. The smallest absolute Gasteiger partial charge is 0.242 e. The first-order chi connectivity index (χ1) is 18.1. The minimum Gasteiger partial charge on any atom is -0.352 e. The second kappa shape index (κ2) is 13.8. The zero-order valence-electron chi connectivity index (χ0n) is 23.3. The van der Waals surface area contributed by atoms with Crippen LogP contribution in [0.25, 0.3) is 0 Å². The first-order valence-corrected chi connectivity index (χ1v) is 15.6. The van der Waals surface area contributed by atoms with Gasteiger partial charge in [0.25, 0.3) is 0 Å². The van der Waals surface area contributed by atoms with E-state index in [4.69, 9.17) is 0 Å². The summed E-state index contributed by atoms with van der Waals surface area (Å²) in [7, 11) is -3.51. The number of nitrogens with zero attached hydrogens (tertiary/aromatic N) is 2. The van der Waals surface area contributed by atoms with Gasteiger partial charge >= 0.3 is 0 Å². The normalized spacial score (nSPS) is 15.1. The number of rotatable bonds is 12. The fraction of sp³-hybridized carbons (Fsp3) is 0.533. The van der Waals surface area contributed by atoms with Gasteiger partial charge < -0.3 is 10.2 Å². The molecule has 1 aliphatic carbocycles. The predicted octanol–water partition coefficient (Wildman–Crippen LogP) is 4.76. The fourth-order valence-electron chi connectivity index (χ4n) is 5.02. The maximum atomic E-state index is 13.4. The summed E-state index contributed by atoms with van der Waals surface area (Å²) < 4.78 is 26.5. The Bertz CT molecular complexity index is 1180. The third-order valence-corrected chi connectivity index (χ3v) is 8.73. The summed E-state index contributed by atoms with van der Waals surface area (Å²) in [4.78, 5) is 28.2. The zero-order chi connectivity index (χ0) is 27.7. The molecule has 8 heteroatoms. The highest BCUT2D eigenvalue weighted by molar-refractivity contribution is 7.92. The molecule has 0 unspecified atom stereocenters. The fourth-order valence-corrected chi connectivity index (χ4v) is 5.98. The lowest BCUT2D eigenvalue weighted by molar-refractivity contribution is -0.140. The number of benzene rings is 2. The number of carbonyl (C=O) groups excluding carboxylic acids is 2. The molecule has 1 aliphatic rings. The van der Waals surface area contributed by atoms with E-state index in [2.05, 4.69) is 5.32 Å². The lowest BCUT2D eigenvalue weighted by Crippen LogP contribution is -2.51. The van der Waals surface area contributed by atoms with Gasteiger partial charge in [-0.1, -0.05) is 55.7 Å². The van der Waals surface area contributed by atoms with Crippen LogP contribution in [-0.4, -0.2) is 56.6 Å². The van der Waals surface area contributed by atoms with Gasteiger partial charge in [-0.2, -0.15) is 0 Å². The molecule has 0 aliphatic heterocycles. The van der Waals surface area contributed by atoms with Crippen molar-refractivity contribution in [2.75, 3.05) is 23.7 Å². The zero-order valence-corrected chi connectivity index (χ0v) is 24.1. The Hall–Kier alpha value is -2.87. The standard InChI is InChI=1S/C30H43N3O4S/c1-23-17-18-28(22-24(23)2)33(38(4,36)37)20-11-16-29(34)32(21-19-26-12-7-5-8-13-26)25(3)30(35)31-27-14-9-6-10-15-27/h5,7-8,12-13,17-18,22,25,27H,6,9-11,14-16,19-21H2,1-4H3,(H,31,35)/t25-/m0/s1. The number of amides is 2. The maximum Gasteiger partial charge on any atom is 0.242 e. The summed E-state index contributed by atoms with van der Waals surface area (Å²) in [5, 5.41) is 3.16. The van der Waals surface area contributed by atoms with Crippen molar-refractivity contribution in [2.45, 2.75) is 84.2 Å². The summed E-state index contributed by atoms with van der Waals surface area (Å²) in [6.45, 7) is 6.35. The average molecular weight is 542 g/mol. The summed E-state index contributed by atoms with van der Waals surface area (Å²) in [5.74, 6) is -0.257. The molecule has 2 aromatic carbocycles. The van der Waals surface area contributed by atoms with Crippen LogP contribution in [0.4, 0.5) is 5.69 Å². The van der Waals surface area contributed by atoms with Crippen molar-refractivity contribution >= 4 is 27.5 Å². The van der Waals surface area contributed by atoms with Crippen LogP contribution in [-0.2, 0) is 26.0 Å². The monoisotopic (exact) mass is 541 g/mol. The quantitative estimate of drug-likeness (QED) is 0.420. The Kier molecular flexibility index (Phi) is 10.8. The van der Waals surface area contributed by atoms with Gasteiger partial charge in [-0.3, -0.25) is 13.9 Å². The molecule has 0 saturated heterocycles. The Morgan fingerprint density at radius 2 is 1.66 bits per heavy atom. The van der Waals surface area contributed by atoms with Crippen molar-refractivity contribution in [1.82, 2.24) is 10.2 Å². The van der Waals surface area contributed by atoms with Gasteiger partial charge in [0, 0.05) is 25.6 Å². The SMILES string of the molecule is Cc1ccc(N(CCCC(=O)N(CCc2ccccc2)[C@@H](C)C(=O)NC2CCCCC2)S(C)(=O)=O)cc1C. The van der Waals surface area contributed by atoms with E-state index in [0.29, 0.717) is 25.1 Å². The topological polar surface area (TPSA) is 86.8 Å². The number of anilines is 1. The minimum atomic E-state index is -3.51. The van der Waals surface area contributed by atoms with Crippen LogP contribution in [0.15, 0.2) is 48.5 Å². The first kappa shape index (κ1) is 29.7. The predicted molar refractivity (Wildman–Crippen MR) is 154 cm³/mol. The summed E-state index contributed by atoms with van der Waals surface area (Å²) >= 11 is 0. The third kappa shape index (κ3) is 8.58. The second-order valence-corrected chi connectivity index (χ2v) is 12.5. The Morgan fingerprint density at radius 1 is 0.974 bits per heavy atom. The molecular formula is C30H43N3O4S. The van der Waals surface area contributed by atoms with Gasteiger partial charge in [-0.15, -0.1) is 0 Å². The Balaban J connectivity index is 1.68. The van der Waals surface area contributed by atoms with E-state index in [1.54, 1.807) is 17.9 Å². The van der Waals surface area contributed by atoms with Crippen LogP contribution < -0.4 is 9.62 Å². The van der Waals surface area contributed by atoms with Crippen molar-refractivity contribution in [2.24, 2.45) is 0 Å². The van der Waals surface area contributed by atoms with E-state index < -0.39 is 16.1 Å². The van der Waals surface area contributed by atoms with Crippen LogP contribution in [0.3, 0.4) is 0 Å². The van der Waals surface area contributed by atoms with Gasteiger partial charge in [-0.25, -0.2) is 8.42 Å². The lowest BCUT2D eigenvalue weighted by atomic mass is 9.95. The molecule has 2 aromatic rings. The molecule has 38 heavy (non-hydrogen) atoms. The van der Waals surface area contributed by atoms with Crippen molar-refractivity contribution in [3.05, 3.63) is 65.2 Å². The van der Waals surface area contributed by atoms with Gasteiger partial charge in [0.15, 0.2) is 0 Å². The van der Waals surface area contributed by atoms with Gasteiger partial charge in [0.05, 0.1) is 11.9 Å². The number of carbonyl (C=O) groups is 2. The molecule has 0 radical (unpaired) electrons. The molecule has 3 rings (SSSR count). The number of sulfonamides is 1. The molecule has 0 aromatic heterocycles. The van der Waals surface area contributed by atoms with Crippen LogP contribution in [0.1, 0.15) is 68.6 Å². The van der Waals surface area contributed by atoms with Crippen molar-refractivity contribution in [3.8, 4) is 0 Å². The molecular weight excluding hydrogens is 498 g/mol. The molecule has 1 N–H and O–H groups in total. The van der Waals surface area contributed by atoms with Crippen molar-refractivity contribution in [1.29, 1.82) is 0 Å². The second-order valence-electron chi connectivity index (χ2n) is 10.5. The number of aryl methyl sites for hydroxylation is 2. The summed E-state index contributed by atoms with van der Waals surface area (Å²) in [6.07, 6.45) is 7.76. The lowest BCUT2D eigenvalue weighted by Gasteiger charge is -2.31. The molecule has 1 fully saturated rings. The maximum absolute atomic E-state index is 13.4. The number of hydrogen-bond donors (Lipinski definition) is 1. The average Bonchev–Trinajstić information content (AvgIpc) is 2.89. The van der Waals surface area contributed by atoms with Crippen molar-refractivity contribution < 1.29 is 18.0 Å². The van der Waals surface area contributed by atoms with Gasteiger partial charge in [0.1, 0.15) is 6.04 Å². The van der Waals surface area contributed by atoms with E-state index in [1.165, 1.54) is 17.0 Å². The van der Waals surface area contributed by atoms with E-state index in [-0.39, 0.29) is 30.8 Å². The van der Waals surface area contributed by atoms with E-state index in [1.807, 2.05) is 56.3 Å². The van der Waals surface area contributed by atoms with Crippen LogP contribution in [0.2, 0.25) is 0 Å². The largest absolute Gasteiger partial charge is 0.352 e. The Morgan fingerprint density at radius 3 is 2.29 bits per heavy atom. The molecule has 0 spiro atoms. The first-order valence-electron chi connectivity index (χ1n) is 13.7. The molecule has 0 bridgehead atoms.